The molecular formula is C10H15N3OS. The van der Waals surface area contributed by atoms with Crippen molar-refractivity contribution in [2.45, 2.75) is 31.7 Å². The number of nitrogens with zero attached hydrogens (tertiary/aromatic N) is 2. The zero-order chi connectivity index (χ0) is 11.6. The second-order valence-electron chi connectivity index (χ2n) is 3.57. The van der Waals surface area contributed by atoms with Crippen molar-refractivity contribution in [1.29, 1.82) is 0 Å². The molecule has 0 fully saturated rings. The summed E-state index contributed by atoms with van der Waals surface area (Å²) in [6.45, 7) is 5.82. The first-order valence-electron chi connectivity index (χ1n) is 4.69. The first kappa shape index (κ1) is 12.0. The summed E-state index contributed by atoms with van der Waals surface area (Å²) in [4.78, 5) is 19.8. The third-order valence-corrected chi connectivity index (χ3v) is 2.71. The number of aromatic nitrogens is 2. The Morgan fingerprint density at radius 3 is 2.40 bits per heavy atom. The summed E-state index contributed by atoms with van der Waals surface area (Å²) in [5.41, 5.74) is 6.38. The second kappa shape index (κ2) is 4.61. The molecule has 0 radical (unpaired) electrons. The SMILES string of the molecule is CSc1nc(C(C)C)nc(C)c1C(N)=O. The normalized spacial score (nSPS) is 10.7. The molecule has 0 aliphatic heterocycles. The van der Waals surface area contributed by atoms with Crippen LogP contribution in [-0.4, -0.2) is 22.1 Å². The maximum Gasteiger partial charge on any atom is 0.253 e. The first-order chi connectivity index (χ1) is 6.97. The van der Waals surface area contributed by atoms with Crippen LogP contribution in [0.25, 0.3) is 0 Å². The number of amides is 1. The molecule has 2 N–H and O–H groups in total. The van der Waals surface area contributed by atoms with Gasteiger partial charge in [0.2, 0.25) is 0 Å². The first-order valence-corrected chi connectivity index (χ1v) is 5.92. The smallest absolute Gasteiger partial charge is 0.253 e. The molecule has 15 heavy (non-hydrogen) atoms. The second-order valence-corrected chi connectivity index (χ2v) is 4.37. The average molecular weight is 225 g/mol. The number of hydrogen-bond donors (Lipinski definition) is 1. The molecule has 0 bridgehead atoms. The molecule has 0 saturated carbocycles. The van der Waals surface area contributed by atoms with E-state index in [0.717, 1.165) is 5.82 Å². The van der Waals surface area contributed by atoms with Gasteiger partial charge in [-0.25, -0.2) is 9.97 Å². The summed E-state index contributed by atoms with van der Waals surface area (Å²) in [5.74, 6) is 0.533. The molecule has 5 heteroatoms. The fourth-order valence-electron chi connectivity index (χ4n) is 1.26. The van der Waals surface area contributed by atoms with Crippen molar-refractivity contribution in [2.24, 2.45) is 5.73 Å². The Morgan fingerprint density at radius 2 is 2.00 bits per heavy atom. The van der Waals surface area contributed by atoms with Crippen molar-refractivity contribution in [3.8, 4) is 0 Å². The van der Waals surface area contributed by atoms with Gasteiger partial charge in [0.15, 0.2) is 0 Å². The molecule has 0 aliphatic carbocycles. The number of nitrogens with two attached hydrogens (primary N) is 1. The van der Waals surface area contributed by atoms with E-state index >= 15 is 0 Å². The van der Waals surface area contributed by atoms with Gasteiger partial charge in [0.25, 0.3) is 5.91 Å². The molecule has 1 heterocycles. The van der Waals surface area contributed by atoms with Crippen molar-refractivity contribution >= 4 is 17.7 Å². The number of thioether (sulfide) groups is 1. The highest BCUT2D eigenvalue weighted by Gasteiger charge is 2.16. The van der Waals surface area contributed by atoms with Crippen LogP contribution in [0.15, 0.2) is 5.03 Å². The van der Waals surface area contributed by atoms with Gasteiger partial charge >= 0.3 is 0 Å². The van der Waals surface area contributed by atoms with Crippen LogP contribution in [0.1, 0.15) is 41.6 Å². The van der Waals surface area contributed by atoms with Gasteiger partial charge in [-0.3, -0.25) is 4.79 Å². The van der Waals surface area contributed by atoms with Crippen molar-refractivity contribution in [2.75, 3.05) is 6.26 Å². The number of primary amides is 1. The van der Waals surface area contributed by atoms with E-state index in [0.29, 0.717) is 16.3 Å². The molecule has 1 aromatic rings. The fraction of sp³-hybridized carbons (Fsp3) is 0.500. The number of carbonyl (C=O) groups is 1. The highest BCUT2D eigenvalue weighted by Crippen LogP contribution is 2.22. The summed E-state index contributed by atoms with van der Waals surface area (Å²) >= 11 is 1.42. The molecule has 1 aromatic heterocycles. The molecular weight excluding hydrogens is 210 g/mol. The zero-order valence-electron chi connectivity index (χ0n) is 9.37. The van der Waals surface area contributed by atoms with Gasteiger partial charge < -0.3 is 5.73 Å². The molecule has 0 saturated heterocycles. The van der Waals surface area contributed by atoms with E-state index < -0.39 is 5.91 Å². The Bertz CT molecular complexity index is 390. The average Bonchev–Trinajstić information content (AvgIpc) is 2.15. The van der Waals surface area contributed by atoms with Crippen LogP contribution in [-0.2, 0) is 0 Å². The van der Waals surface area contributed by atoms with Crippen LogP contribution in [0, 0.1) is 6.92 Å². The Labute approximate surface area is 93.7 Å². The van der Waals surface area contributed by atoms with Gasteiger partial charge in [0.05, 0.1) is 11.3 Å². The highest BCUT2D eigenvalue weighted by atomic mass is 32.2. The zero-order valence-corrected chi connectivity index (χ0v) is 10.2. The molecule has 0 atom stereocenters. The van der Waals surface area contributed by atoms with Crippen LogP contribution in [0.2, 0.25) is 0 Å². The summed E-state index contributed by atoms with van der Waals surface area (Å²) < 4.78 is 0. The third-order valence-electron chi connectivity index (χ3n) is 2.03. The Kier molecular flexibility index (Phi) is 3.68. The lowest BCUT2D eigenvalue weighted by Gasteiger charge is -2.10. The lowest BCUT2D eigenvalue weighted by atomic mass is 10.2. The maximum atomic E-state index is 11.2. The highest BCUT2D eigenvalue weighted by molar-refractivity contribution is 7.98. The molecule has 1 amide bonds. The topological polar surface area (TPSA) is 68.9 Å². The lowest BCUT2D eigenvalue weighted by Crippen LogP contribution is -2.17. The van der Waals surface area contributed by atoms with Crippen LogP contribution < -0.4 is 5.73 Å². The third kappa shape index (κ3) is 2.47. The van der Waals surface area contributed by atoms with E-state index in [1.165, 1.54) is 11.8 Å². The monoisotopic (exact) mass is 225 g/mol. The summed E-state index contributed by atoms with van der Waals surface area (Å²) in [6, 6.07) is 0. The van der Waals surface area contributed by atoms with E-state index in [1.54, 1.807) is 6.92 Å². The molecule has 0 unspecified atom stereocenters. The quantitative estimate of drug-likeness (QED) is 0.628. The van der Waals surface area contributed by atoms with Crippen LogP contribution >= 0.6 is 11.8 Å². The van der Waals surface area contributed by atoms with Crippen LogP contribution in [0.5, 0.6) is 0 Å². The van der Waals surface area contributed by atoms with E-state index in [1.807, 2.05) is 20.1 Å². The number of aryl methyl sites for hydroxylation is 1. The fourth-order valence-corrected chi connectivity index (χ4v) is 1.89. The van der Waals surface area contributed by atoms with E-state index in [4.69, 9.17) is 5.73 Å². The molecule has 0 aliphatic rings. The molecule has 1 rings (SSSR count). The van der Waals surface area contributed by atoms with Gasteiger partial charge in [-0.05, 0) is 13.2 Å². The van der Waals surface area contributed by atoms with Crippen LogP contribution in [0.3, 0.4) is 0 Å². The number of hydrogen-bond acceptors (Lipinski definition) is 4. The maximum absolute atomic E-state index is 11.2. The minimum absolute atomic E-state index is 0.247. The van der Waals surface area contributed by atoms with E-state index in [-0.39, 0.29) is 5.92 Å². The van der Waals surface area contributed by atoms with E-state index in [2.05, 4.69) is 9.97 Å². The summed E-state index contributed by atoms with van der Waals surface area (Å²) in [6.07, 6.45) is 1.87. The predicted octanol–water partition coefficient (Wildman–Crippen LogP) is 1.73. The largest absolute Gasteiger partial charge is 0.365 e. The molecule has 82 valence electrons. The van der Waals surface area contributed by atoms with Crippen molar-refractivity contribution in [3.05, 3.63) is 17.1 Å². The molecule has 0 aromatic carbocycles. The van der Waals surface area contributed by atoms with Gasteiger partial charge in [-0.1, -0.05) is 13.8 Å². The van der Waals surface area contributed by atoms with Crippen molar-refractivity contribution in [3.63, 3.8) is 0 Å². The summed E-state index contributed by atoms with van der Waals surface area (Å²) in [5, 5.41) is 0.665. The molecule has 4 nitrogen and oxygen atoms in total. The van der Waals surface area contributed by atoms with Gasteiger partial charge in [0.1, 0.15) is 10.9 Å². The Hall–Kier alpha value is -1.10. The standard InChI is InChI=1S/C10H15N3OS/c1-5(2)9-12-6(3)7(8(11)14)10(13-9)15-4/h5H,1-4H3,(H2,11,14). The van der Waals surface area contributed by atoms with Crippen molar-refractivity contribution < 1.29 is 4.79 Å². The molecule has 0 spiro atoms. The predicted molar refractivity (Wildman–Crippen MR) is 61.2 cm³/mol. The Morgan fingerprint density at radius 1 is 1.40 bits per heavy atom. The van der Waals surface area contributed by atoms with Gasteiger partial charge in [0, 0.05) is 5.92 Å². The summed E-state index contributed by atoms with van der Waals surface area (Å²) in [7, 11) is 0. The number of carbonyl (C=O) groups excluding carboxylic acids is 1. The Balaban J connectivity index is 3.37. The van der Waals surface area contributed by atoms with E-state index in [9.17, 15) is 4.79 Å². The van der Waals surface area contributed by atoms with Gasteiger partial charge in [-0.15, -0.1) is 11.8 Å². The minimum Gasteiger partial charge on any atom is -0.365 e. The number of rotatable bonds is 3. The van der Waals surface area contributed by atoms with Gasteiger partial charge in [-0.2, -0.15) is 0 Å². The lowest BCUT2D eigenvalue weighted by molar-refractivity contribution is 0.0995. The van der Waals surface area contributed by atoms with Crippen molar-refractivity contribution in [1.82, 2.24) is 9.97 Å². The minimum atomic E-state index is -0.466. The van der Waals surface area contributed by atoms with Crippen LogP contribution in [0.4, 0.5) is 0 Å².